The summed E-state index contributed by atoms with van der Waals surface area (Å²) in [6, 6.07) is 15.4. The molecule has 0 aliphatic carbocycles. The zero-order valence-electron chi connectivity index (χ0n) is 9.19. The lowest BCUT2D eigenvalue weighted by molar-refractivity contribution is -0.117. The van der Waals surface area contributed by atoms with Gasteiger partial charge in [0.25, 0.3) is 0 Å². The Hall–Kier alpha value is -1.80. The molecule has 86 valence electrons. The van der Waals surface area contributed by atoms with E-state index in [1.54, 1.807) is 0 Å². The molecule has 2 aromatic carbocycles. The van der Waals surface area contributed by atoms with Gasteiger partial charge in [-0.3, -0.25) is 4.79 Å². The van der Waals surface area contributed by atoms with Gasteiger partial charge < -0.3 is 5.73 Å². The standard InChI is InChI=1S/C14H12ClNO/c15-13-7-5-12(6-8-13)11-3-1-10(2-4-11)9-14(16)17/h1-8H,9H2,(H2,16,17). The molecule has 1 amide bonds. The molecule has 0 saturated carbocycles. The zero-order valence-corrected chi connectivity index (χ0v) is 9.95. The predicted octanol–water partition coefficient (Wildman–Crippen LogP) is 3.03. The fourth-order valence-corrected chi connectivity index (χ4v) is 1.78. The van der Waals surface area contributed by atoms with E-state index < -0.39 is 0 Å². The minimum absolute atomic E-state index is 0.279. The third-order valence-corrected chi connectivity index (χ3v) is 2.76. The summed E-state index contributed by atoms with van der Waals surface area (Å²) in [5.41, 5.74) is 8.25. The van der Waals surface area contributed by atoms with Crippen molar-refractivity contribution in [3.63, 3.8) is 0 Å². The van der Waals surface area contributed by atoms with Crippen molar-refractivity contribution in [3.05, 3.63) is 59.1 Å². The van der Waals surface area contributed by atoms with Crippen molar-refractivity contribution in [3.8, 4) is 11.1 Å². The molecular formula is C14H12ClNO. The smallest absolute Gasteiger partial charge is 0.221 e. The van der Waals surface area contributed by atoms with Crippen LogP contribution < -0.4 is 5.73 Å². The first-order chi connectivity index (χ1) is 8.15. The fraction of sp³-hybridized carbons (Fsp3) is 0.0714. The van der Waals surface area contributed by atoms with Crippen LogP contribution in [0.3, 0.4) is 0 Å². The quantitative estimate of drug-likeness (QED) is 0.888. The molecule has 0 unspecified atom stereocenters. The van der Waals surface area contributed by atoms with E-state index >= 15 is 0 Å². The Morgan fingerprint density at radius 2 is 1.41 bits per heavy atom. The Morgan fingerprint density at radius 1 is 0.941 bits per heavy atom. The molecule has 0 radical (unpaired) electrons. The van der Waals surface area contributed by atoms with E-state index in [-0.39, 0.29) is 12.3 Å². The Balaban J connectivity index is 2.23. The Kier molecular flexibility index (Phi) is 3.45. The van der Waals surface area contributed by atoms with Gasteiger partial charge in [0.15, 0.2) is 0 Å². The monoisotopic (exact) mass is 245 g/mol. The van der Waals surface area contributed by atoms with Crippen molar-refractivity contribution in [2.45, 2.75) is 6.42 Å². The van der Waals surface area contributed by atoms with E-state index in [0.717, 1.165) is 21.7 Å². The predicted molar refractivity (Wildman–Crippen MR) is 69.8 cm³/mol. The summed E-state index contributed by atoms with van der Waals surface area (Å²) in [6.45, 7) is 0. The van der Waals surface area contributed by atoms with Crippen LogP contribution in [-0.4, -0.2) is 5.91 Å². The van der Waals surface area contributed by atoms with Crippen LogP contribution in [0.15, 0.2) is 48.5 Å². The van der Waals surface area contributed by atoms with E-state index in [1.165, 1.54) is 0 Å². The summed E-state index contributed by atoms with van der Waals surface area (Å²) in [4.78, 5) is 10.8. The molecule has 2 aromatic rings. The van der Waals surface area contributed by atoms with E-state index in [9.17, 15) is 4.79 Å². The van der Waals surface area contributed by atoms with Gasteiger partial charge in [0.1, 0.15) is 0 Å². The van der Waals surface area contributed by atoms with Crippen LogP contribution >= 0.6 is 11.6 Å². The molecule has 17 heavy (non-hydrogen) atoms. The fourth-order valence-electron chi connectivity index (χ4n) is 1.66. The molecule has 0 bridgehead atoms. The second kappa shape index (κ2) is 5.02. The van der Waals surface area contributed by atoms with Gasteiger partial charge in [-0.05, 0) is 28.8 Å². The number of nitrogens with two attached hydrogens (primary N) is 1. The third kappa shape index (κ3) is 3.08. The highest BCUT2D eigenvalue weighted by atomic mass is 35.5. The average Bonchev–Trinajstić information content (AvgIpc) is 2.30. The van der Waals surface area contributed by atoms with Crippen LogP contribution in [0.1, 0.15) is 5.56 Å². The van der Waals surface area contributed by atoms with E-state index in [2.05, 4.69) is 0 Å². The average molecular weight is 246 g/mol. The summed E-state index contributed by atoms with van der Waals surface area (Å²) >= 11 is 5.83. The summed E-state index contributed by atoms with van der Waals surface area (Å²) in [6.07, 6.45) is 0.279. The summed E-state index contributed by atoms with van der Waals surface area (Å²) < 4.78 is 0. The van der Waals surface area contributed by atoms with Gasteiger partial charge in [-0.15, -0.1) is 0 Å². The van der Waals surface area contributed by atoms with Gasteiger partial charge in [0.05, 0.1) is 6.42 Å². The van der Waals surface area contributed by atoms with Gasteiger partial charge in [-0.2, -0.15) is 0 Å². The number of hydrogen-bond donors (Lipinski definition) is 1. The highest BCUT2D eigenvalue weighted by molar-refractivity contribution is 6.30. The second-order valence-electron chi connectivity index (χ2n) is 3.85. The van der Waals surface area contributed by atoms with Crippen molar-refractivity contribution in [1.29, 1.82) is 0 Å². The lowest BCUT2D eigenvalue weighted by Crippen LogP contribution is -2.13. The lowest BCUT2D eigenvalue weighted by Gasteiger charge is -2.03. The molecule has 2 nitrogen and oxygen atoms in total. The number of rotatable bonds is 3. The van der Waals surface area contributed by atoms with Gasteiger partial charge in [0, 0.05) is 5.02 Å². The van der Waals surface area contributed by atoms with Crippen LogP contribution in [0.4, 0.5) is 0 Å². The Morgan fingerprint density at radius 3 is 1.88 bits per heavy atom. The Labute approximate surface area is 105 Å². The molecule has 0 spiro atoms. The molecule has 0 atom stereocenters. The molecule has 2 N–H and O–H groups in total. The highest BCUT2D eigenvalue weighted by Crippen LogP contribution is 2.21. The molecule has 0 heterocycles. The van der Waals surface area contributed by atoms with Crippen LogP contribution in [0.5, 0.6) is 0 Å². The maximum absolute atomic E-state index is 10.8. The van der Waals surface area contributed by atoms with Gasteiger partial charge in [-0.25, -0.2) is 0 Å². The maximum Gasteiger partial charge on any atom is 0.221 e. The van der Waals surface area contributed by atoms with Crippen molar-refractivity contribution in [2.75, 3.05) is 0 Å². The second-order valence-corrected chi connectivity index (χ2v) is 4.28. The summed E-state index contributed by atoms with van der Waals surface area (Å²) in [7, 11) is 0. The van der Waals surface area contributed by atoms with Crippen molar-refractivity contribution in [1.82, 2.24) is 0 Å². The third-order valence-electron chi connectivity index (χ3n) is 2.51. The zero-order chi connectivity index (χ0) is 12.3. The number of halogens is 1. The maximum atomic E-state index is 10.8. The van der Waals surface area contributed by atoms with E-state index in [1.807, 2.05) is 48.5 Å². The van der Waals surface area contributed by atoms with Crippen LogP contribution in [-0.2, 0) is 11.2 Å². The molecule has 2 rings (SSSR count). The number of amides is 1. The largest absolute Gasteiger partial charge is 0.369 e. The molecule has 0 aliphatic heterocycles. The molecule has 0 aromatic heterocycles. The van der Waals surface area contributed by atoms with Crippen LogP contribution in [0.2, 0.25) is 5.02 Å². The lowest BCUT2D eigenvalue weighted by atomic mass is 10.0. The molecule has 3 heteroatoms. The topological polar surface area (TPSA) is 43.1 Å². The number of carbonyl (C=O) groups is 1. The van der Waals surface area contributed by atoms with Gasteiger partial charge in [-0.1, -0.05) is 48.0 Å². The molecular weight excluding hydrogens is 234 g/mol. The Bertz CT molecular complexity index is 517. The van der Waals surface area contributed by atoms with Crippen molar-refractivity contribution >= 4 is 17.5 Å². The SMILES string of the molecule is NC(=O)Cc1ccc(-c2ccc(Cl)cc2)cc1. The van der Waals surface area contributed by atoms with Crippen LogP contribution in [0.25, 0.3) is 11.1 Å². The van der Waals surface area contributed by atoms with E-state index in [4.69, 9.17) is 17.3 Å². The first-order valence-electron chi connectivity index (χ1n) is 5.28. The molecule has 0 aliphatic rings. The van der Waals surface area contributed by atoms with Gasteiger partial charge in [0.2, 0.25) is 5.91 Å². The number of carbonyl (C=O) groups excluding carboxylic acids is 1. The van der Waals surface area contributed by atoms with Gasteiger partial charge >= 0.3 is 0 Å². The number of hydrogen-bond acceptors (Lipinski definition) is 1. The van der Waals surface area contributed by atoms with Crippen LogP contribution in [0, 0.1) is 0 Å². The minimum atomic E-state index is -0.316. The summed E-state index contributed by atoms with van der Waals surface area (Å²) in [5.74, 6) is -0.316. The minimum Gasteiger partial charge on any atom is -0.369 e. The summed E-state index contributed by atoms with van der Waals surface area (Å²) in [5, 5.41) is 0.721. The normalized spacial score (nSPS) is 10.2. The number of benzene rings is 2. The highest BCUT2D eigenvalue weighted by Gasteiger charge is 2.00. The molecule has 0 fully saturated rings. The molecule has 0 saturated heterocycles. The first-order valence-corrected chi connectivity index (χ1v) is 5.66. The van der Waals surface area contributed by atoms with Crippen molar-refractivity contribution < 1.29 is 4.79 Å². The van der Waals surface area contributed by atoms with E-state index in [0.29, 0.717) is 0 Å². The first kappa shape index (κ1) is 11.7. The number of primary amides is 1. The van der Waals surface area contributed by atoms with Crippen molar-refractivity contribution in [2.24, 2.45) is 5.73 Å².